The number of nitrogens with zero attached hydrogens (tertiary/aromatic N) is 1. The summed E-state index contributed by atoms with van der Waals surface area (Å²) in [5.41, 5.74) is 4.71. The molecule has 1 aliphatic rings. The number of hydrogen-bond acceptors (Lipinski definition) is 3. The summed E-state index contributed by atoms with van der Waals surface area (Å²) in [6.45, 7) is 8.02. The molecule has 3 aromatic carbocycles. The Bertz CT molecular complexity index is 911. The predicted octanol–water partition coefficient (Wildman–Crippen LogP) is 5.23. The Morgan fingerprint density at radius 1 is 0.700 bits per heavy atom. The van der Waals surface area contributed by atoms with Crippen molar-refractivity contribution in [3.63, 3.8) is 0 Å². The molecule has 1 aliphatic heterocycles. The van der Waals surface area contributed by atoms with Gasteiger partial charge in [0.2, 0.25) is 0 Å². The lowest BCUT2D eigenvalue weighted by Gasteiger charge is -2.39. The van der Waals surface area contributed by atoms with Gasteiger partial charge in [0, 0.05) is 19.6 Å². The number of piperidine rings is 1. The van der Waals surface area contributed by atoms with Gasteiger partial charge in [0.25, 0.3) is 0 Å². The van der Waals surface area contributed by atoms with Gasteiger partial charge in [0.1, 0.15) is 12.2 Å². The van der Waals surface area contributed by atoms with Crippen LogP contribution in [0.5, 0.6) is 0 Å². The molecule has 3 heteroatoms. The summed E-state index contributed by atoms with van der Waals surface area (Å²) in [5.74, 6) is 0. The number of likely N-dealkylation sites (tertiary alicyclic amines) is 1. The lowest BCUT2D eigenvalue weighted by molar-refractivity contribution is -0.0964. The summed E-state index contributed by atoms with van der Waals surface area (Å²) in [6, 6.07) is 31.2. The van der Waals surface area contributed by atoms with E-state index in [-0.39, 0.29) is 12.2 Å². The third-order valence-corrected chi connectivity index (χ3v) is 5.43. The lowest BCUT2D eigenvalue weighted by Crippen LogP contribution is -2.49. The summed E-state index contributed by atoms with van der Waals surface area (Å²) in [7, 11) is 0. The second kappa shape index (κ2) is 10.4. The molecule has 3 aromatic rings. The zero-order chi connectivity index (χ0) is 20.6. The molecular weight excluding hydrogens is 370 g/mol. The van der Waals surface area contributed by atoms with E-state index in [0.29, 0.717) is 13.2 Å². The highest BCUT2D eigenvalue weighted by atomic mass is 16.5. The van der Waals surface area contributed by atoms with Crippen LogP contribution in [0.1, 0.15) is 16.7 Å². The topological polar surface area (TPSA) is 21.7 Å². The maximum absolute atomic E-state index is 6.38. The Balaban J connectivity index is 1.44. The van der Waals surface area contributed by atoms with E-state index in [1.165, 1.54) is 16.7 Å². The van der Waals surface area contributed by atoms with Gasteiger partial charge in [-0.1, -0.05) is 97.6 Å². The zero-order valence-electron chi connectivity index (χ0n) is 17.3. The van der Waals surface area contributed by atoms with E-state index in [1.54, 1.807) is 0 Å². The SMILES string of the molecule is C=C1CN(Cc2ccccc2)C[C@@H](OCc2ccccc2)[C@@H]1OCc1ccccc1. The average molecular weight is 400 g/mol. The molecule has 30 heavy (non-hydrogen) atoms. The smallest absolute Gasteiger partial charge is 0.107 e. The quantitative estimate of drug-likeness (QED) is 0.484. The van der Waals surface area contributed by atoms with Gasteiger partial charge in [-0.25, -0.2) is 0 Å². The van der Waals surface area contributed by atoms with Crippen molar-refractivity contribution in [2.45, 2.75) is 32.0 Å². The van der Waals surface area contributed by atoms with Crippen molar-refractivity contribution in [2.24, 2.45) is 0 Å². The first-order chi connectivity index (χ1) is 14.8. The van der Waals surface area contributed by atoms with Gasteiger partial charge in [-0.2, -0.15) is 0 Å². The largest absolute Gasteiger partial charge is 0.369 e. The second-order valence-electron chi connectivity index (χ2n) is 7.87. The van der Waals surface area contributed by atoms with E-state index >= 15 is 0 Å². The van der Waals surface area contributed by atoms with Crippen LogP contribution < -0.4 is 0 Å². The van der Waals surface area contributed by atoms with Crippen LogP contribution in [0.2, 0.25) is 0 Å². The zero-order valence-corrected chi connectivity index (χ0v) is 17.3. The molecule has 0 aromatic heterocycles. The monoisotopic (exact) mass is 399 g/mol. The number of ether oxygens (including phenoxy) is 2. The Hall–Kier alpha value is -2.72. The Kier molecular flexibility index (Phi) is 7.09. The molecule has 0 aliphatic carbocycles. The van der Waals surface area contributed by atoms with Gasteiger partial charge in [0.05, 0.1) is 13.2 Å². The molecule has 4 rings (SSSR count). The number of rotatable bonds is 8. The van der Waals surface area contributed by atoms with Crippen LogP contribution in [-0.4, -0.2) is 30.2 Å². The van der Waals surface area contributed by atoms with Crippen molar-refractivity contribution in [3.05, 3.63) is 120 Å². The summed E-state index contributed by atoms with van der Waals surface area (Å²) in [5, 5.41) is 0. The van der Waals surface area contributed by atoms with Crippen LogP contribution in [0, 0.1) is 0 Å². The molecular formula is C27H29NO2. The fourth-order valence-electron chi connectivity index (χ4n) is 3.92. The van der Waals surface area contributed by atoms with Crippen LogP contribution in [0.25, 0.3) is 0 Å². The summed E-state index contributed by atoms with van der Waals surface area (Å²) in [4.78, 5) is 2.40. The van der Waals surface area contributed by atoms with Crippen molar-refractivity contribution in [3.8, 4) is 0 Å². The minimum atomic E-state index is -0.110. The van der Waals surface area contributed by atoms with Crippen LogP contribution in [-0.2, 0) is 29.2 Å². The molecule has 1 heterocycles. The van der Waals surface area contributed by atoms with Crippen molar-refractivity contribution in [1.82, 2.24) is 4.90 Å². The molecule has 2 atom stereocenters. The Labute approximate surface area is 179 Å². The van der Waals surface area contributed by atoms with E-state index in [9.17, 15) is 0 Å². The first kappa shape index (κ1) is 20.5. The summed E-state index contributed by atoms with van der Waals surface area (Å²) < 4.78 is 12.7. The normalized spacial score (nSPS) is 19.7. The fourth-order valence-corrected chi connectivity index (χ4v) is 3.92. The molecule has 1 saturated heterocycles. The minimum absolute atomic E-state index is 0.0566. The maximum atomic E-state index is 6.38. The van der Waals surface area contributed by atoms with Gasteiger partial charge in [0.15, 0.2) is 0 Å². The minimum Gasteiger partial charge on any atom is -0.369 e. The van der Waals surface area contributed by atoms with Crippen molar-refractivity contribution >= 4 is 0 Å². The summed E-state index contributed by atoms with van der Waals surface area (Å²) >= 11 is 0. The van der Waals surface area contributed by atoms with Crippen LogP contribution in [0.15, 0.2) is 103 Å². The predicted molar refractivity (Wildman–Crippen MR) is 121 cm³/mol. The van der Waals surface area contributed by atoms with Crippen molar-refractivity contribution in [1.29, 1.82) is 0 Å². The maximum Gasteiger partial charge on any atom is 0.107 e. The van der Waals surface area contributed by atoms with E-state index in [1.807, 2.05) is 36.4 Å². The first-order valence-electron chi connectivity index (χ1n) is 10.5. The third kappa shape index (κ3) is 5.67. The first-order valence-corrected chi connectivity index (χ1v) is 10.5. The van der Waals surface area contributed by atoms with E-state index in [4.69, 9.17) is 9.47 Å². The van der Waals surface area contributed by atoms with E-state index in [2.05, 4.69) is 66.1 Å². The van der Waals surface area contributed by atoms with Crippen LogP contribution in [0.4, 0.5) is 0 Å². The van der Waals surface area contributed by atoms with E-state index < -0.39 is 0 Å². The third-order valence-electron chi connectivity index (χ3n) is 5.43. The fraction of sp³-hybridized carbons (Fsp3) is 0.259. The van der Waals surface area contributed by atoms with Gasteiger partial charge < -0.3 is 9.47 Å². The Morgan fingerprint density at radius 2 is 1.20 bits per heavy atom. The molecule has 0 bridgehead atoms. The average Bonchev–Trinajstić information content (AvgIpc) is 2.79. The lowest BCUT2D eigenvalue weighted by atomic mass is 9.98. The molecule has 0 amide bonds. The summed E-state index contributed by atoms with van der Waals surface area (Å²) in [6.07, 6.45) is -0.167. The Morgan fingerprint density at radius 3 is 1.77 bits per heavy atom. The molecule has 3 nitrogen and oxygen atoms in total. The molecule has 0 saturated carbocycles. The van der Waals surface area contributed by atoms with Crippen molar-refractivity contribution in [2.75, 3.05) is 13.1 Å². The highest BCUT2D eigenvalue weighted by Gasteiger charge is 2.33. The van der Waals surface area contributed by atoms with Gasteiger partial charge >= 0.3 is 0 Å². The van der Waals surface area contributed by atoms with Crippen molar-refractivity contribution < 1.29 is 9.47 Å². The molecule has 1 fully saturated rings. The van der Waals surface area contributed by atoms with Crippen LogP contribution >= 0.6 is 0 Å². The van der Waals surface area contributed by atoms with Crippen LogP contribution in [0.3, 0.4) is 0 Å². The highest BCUT2D eigenvalue weighted by molar-refractivity contribution is 5.19. The van der Waals surface area contributed by atoms with Gasteiger partial charge in [-0.05, 0) is 22.3 Å². The molecule has 154 valence electrons. The molecule has 0 N–H and O–H groups in total. The van der Waals surface area contributed by atoms with Gasteiger partial charge in [-0.3, -0.25) is 4.90 Å². The highest BCUT2D eigenvalue weighted by Crippen LogP contribution is 2.25. The van der Waals surface area contributed by atoms with Gasteiger partial charge in [-0.15, -0.1) is 0 Å². The number of benzene rings is 3. The molecule has 0 radical (unpaired) electrons. The number of hydrogen-bond donors (Lipinski definition) is 0. The second-order valence-corrected chi connectivity index (χ2v) is 7.87. The molecule has 0 unspecified atom stereocenters. The standard InChI is InChI=1S/C27H29NO2/c1-22-17-28(18-23-11-5-2-6-12-23)19-26(29-20-24-13-7-3-8-14-24)27(22)30-21-25-15-9-4-10-16-25/h2-16,26-27H,1,17-21H2/t26-,27-/m1/s1. The van der Waals surface area contributed by atoms with E-state index in [0.717, 1.165) is 25.2 Å². The molecule has 0 spiro atoms.